The van der Waals surface area contributed by atoms with Crippen LogP contribution in [0, 0.1) is 0 Å². The van der Waals surface area contributed by atoms with E-state index in [0.29, 0.717) is 6.04 Å². The van der Waals surface area contributed by atoms with E-state index in [4.69, 9.17) is 5.84 Å². The average molecular weight is 281 g/mol. The highest BCUT2D eigenvalue weighted by atomic mass is 79.9. The van der Waals surface area contributed by atoms with Crippen LogP contribution in [0.1, 0.15) is 4.88 Å². The Morgan fingerprint density at radius 2 is 2.54 bits per heavy atom. The van der Waals surface area contributed by atoms with Crippen molar-refractivity contribution in [3.8, 4) is 0 Å². The van der Waals surface area contributed by atoms with Gasteiger partial charge in [0.05, 0.1) is 0 Å². The Bertz CT molecular complexity index is 252. The molecular formula is C8H13BrN2S2. The molecule has 0 saturated heterocycles. The van der Waals surface area contributed by atoms with Crippen molar-refractivity contribution in [2.24, 2.45) is 5.84 Å². The molecule has 0 aliphatic rings. The smallest absolute Gasteiger partial charge is 0.0349 e. The van der Waals surface area contributed by atoms with Crippen molar-refractivity contribution in [1.29, 1.82) is 0 Å². The number of halogens is 1. The average Bonchev–Trinajstić information content (AvgIpc) is 2.50. The van der Waals surface area contributed by atoms with Crippen LogP contribution in [-0.2, 0) is 6.42 Å². The second kappa shape index (κ2) is 6.03. The second-order valence-electron chi connectivity index (χ2n) is 2.75. The zero-order chi connectivity index (χ0) is 9.68. The molecule has 3 N–H and O–H groups in total. The van der Waals surface area contributed by atoms with Gasteiger partial charge in [-0.25, -0.2) is 0 Å². The summed E-state index contributed by atoms with van der Waals surface area (Å²) < 4.78 is 1.16. The van der Waals surface area contributed by atoms with Gasteiger partial charge in [-0.2, -0.15) is 11.8 Å². The molecule has 1 heterocycles. The largest absolute Gasteiger partial charge is 0.271 e. The SMILES string of the molecule is CSCC(Cc1cc(Br)cs1)NN. The summed E-state index contributed by atoms with van der Waals surface area (Å²) in [6.45, 7) is 0. The van der Waals surface area contributed by atoms with Crippen LogP contribution in [0.15, 0.2) is 15.9 Å². The van der Waals surface area contributed by atoms with Crippen LogP contribution in [0.3, 0.4) is 0 Å². The van der Waals surface area contributed by atoms with E-state index in [1.807, 2.05) is 11.8 Å². The molecule has 1 rings (SSSR count). The van der Waals surface area contributed by atoms with Crippen LogP contribution >= 0.6 is 39.0 Å². The Morgan fingerprint density at radius 3 is 3.00 bits per heavy atom. The van der Waals surface area contributed by atoms with Crippen molar-refractivity contribution in [2.75, 3.05) is 12.0 Å². The first-order valence-corrected chi connectivity index (χ1v) is 7.01. The van der Waals surface area contributed by atoms with E-state index in [9.17, 15) is 0 Å². The first-order valence-electron chi connectivity index (χ1n) is 3.94. The van der Waals surface area contributed by atoms with Gasteiger partial charge >= 0.3 is 0 Å². The van der Waals surface area contributed by atoms with Crippen LogP contribution in [0.2, 0.25) is 0 Å². The fourth-order valence-electron chi connectivity index (χ4n) is 1.07. The molecule has 0 aromatic carbocycles. The Labute approximate surface area is 95.4 Å². The topological polar surface area (TPSA) is 38.0 Å². The molecule has 13 heavy (non-hydrogen) atoms. The number of thioether (sulfide) groups is 1. The van der Waals surface area contributed by atoms with Gasteiger partial charge in [0.15, 0.2) is 0 Å². The summed E-state index contributed by atoms with van der Waals surface area (Å²) in [5, 5.41) is 2.10. The molecule has 1 unspecified atom stereocenters. The van der Waals surface area contributed by atoms with Crippen molar-refractivity contribution >= 4 is 39.0 Å². The highest BCUT2D eigenvalue weighted by Crippen LogP contribution is 2.21. The van der Waals surface area contributed by atoms with E-state index in [1.165, 1.54) is 4.88 Å². The second-order valence-corrected chi connectivity index (χ2v) is 5.58. The van der Waals surface area contributed by atoms with E-state index < -0.39 is 0 Å². The fraction of sp³-hybridized carbons (Fsp3) is 0.500. The summed E-state index contributed by atoms with van der Waals surface area (Å²) in [4.78, 5) is 1.36. The van der Waals surface area contributed by atoms with E-state index in [-0.39, 0.29) is 0 Å². The van der Waals surface area contributed by atoms with Gasteiger partial charge in [0.1, 0.15) is 0 Å². The number of nitrogens with one attached hydrogen (secondary N) is 1. The number of rotatable bonds is 5. The molecule has 0 spiro atoms. The highest BCUT2D eigenvalue weighted by Gasteiger charge is 2.07. The molecule has 0 bridgehead atoms. The minimum atomic E-state index is 0.376. The maximum absolute atomic E-state index is 5.44. The standard InChI is InChI=1S/C8H13BrN2S2/c1-12-5-7(11-10)3-8-2-6(9)4-13-8/h2,4,7,11H,3,5,10H2,1H3. The van der Waals surface area contributed by atoms with Gasteiger partial charge in [-0.15, -0.1) is 11.3 Å². The number of thiophene rings is 1. The Hall–Kier alpha value is 0.450. The number of hydrogen-bond acceptors (Lipinski definition) is 4. The van der Waals surface area contributed by atoms with Gasteiger partial charge in [-0.3, -0.25) is 11.3 Å². The van der Waals surface area contributed by atoms with E-state index >= 15 is 0 Å². The first kappa shape index (κ1) is 11.5. The van der Waals surface area contributed by atoms with E-state index in [0.717, 1.165) is 16.6 Å². The zero-order valence-electron chi connectivity index (χ0n) is 7.42. The summed E-state index contributed by atoms with van der Waals surface area (Å²) >= 11 is 7.01. The summed E-state index contributed by atoms with van der Waals surface area (Å²) in [5.41, 5.74) is 2.83. The van der Waals surface area contributed by atoms with E-state index in [2.05, 4.69) is 39.1 Å². The number of hydrazine groups is 1. The minimum Gasteiger partial charge on any atom is -0.271 e. The van der Waals surface area contributed by atoms with Crippen molar-refractivity contribution in [3.05, 3.63) is 20.8 Å². The molecule has 5 heteroatoms. The Morgan fingerprint density at radius 1 is 1.77 bits per heavy atom. The maximum Gasteiger partial charge on any atom is 0.0349 e. The maximum atomic E-state index is 5.44. The van der Waals surface area contributed by atoms with Crippen LogP contribution in [-0.4, -0.2) is 18.1 Å². The molecule has 0 aliphatic carbocycles. The van der Waals surface area contributed by atoms with Gasteiger partial charge in [-0.1, -0.05) is 0 Å². The molecule has 1 aromatic heterocycles. The molecule has 0 amide bonds. The summed E-state index contributed by atoms with van der Waals surface area (Å²) in [5.74, 6) is 6.49. The van der Waals surface area contributed by atoms with E-state index in [1.54, 1.807) is 11.3 Å². The van der Waals surface area contributed by atoms with Crippen LogP contribution in [0.4, 0.5) is 0 Å². The van der Waals surface area contributed by atoms with Gasteiger partial charge < -0.3 is 0 Å². The van der Waals surface area contributed by atoms with Crippen LogP contribution < -0.4 is 11.3 Å². The third-order valence-electron chi connectivity index (χ3n) is 1.67. The molecule has 0 saturated carbocycles. The van der Waals surface area contributed by atoms with Gasteiger partial charge in [0.25, 0.3) is 0 Å². The predicted molar refractivity (Wildman–Crippen MR) is 65.2 cm³/mol. The monoisotopic (exact) mass is 280 g/mol. The third-order valence-corrected chi connectivity index (χ3v) is 4.13. The molecule has 2 nitrogen and oxygen atoms in total. The lowest BCUT2D eigenvalue weighted by atomic mass is 10.2. The first-order chi connectivity index (χ1) is 6.26. The quantitative estimate of drug-likeness (QED) is 0.642. The predicted octanol–water partition coefficient (Wildman–Crippen LogP) is 2.25. The summed E-state index contributed by atoms with van der Waals surface area (Å²) in [6.07, 6.45) is 3.10. The lowest BCUT2D eigenvalue weighted by Gasteiger charge is -2.12. The normalized spacial score (nSPS) is 13.2. The lowest BCUT2D eigenvalue weighted by Crippen LogP contribution is -2.38. The summed E-state index contributed by atoms with van der Waals surface area (Å²) in [7, 11) is 0. The summed E-state index contributed by atoms with van der Waals surface area (Å²) in [6, 6.07) is 2.52. The zero-order valence-corrected chi connectivity index (χ0v) is 10.6. The van der Waals surface area contributed by atoms with Gasteiger partial charge in [0, 0.05) is 26.5 Å². The third kappa shape index (κ3) is 3.99. The Kier molecular flexibility index (Phi) is 5.35. The molecule has 0 fully saturated rings. The van der Waals surface area contributed by atoms with Crippen LogP contribution in [0.25, 0.3) is 0 Å². The lowest BCUT2D eigenvalue weighted by molar-refractivity contribution is 0.579. The van der Waals surface area contributed by atoms with Crippen molar-refractivity contribution in [2.45, 2.75) is 12.5 Å². The highest BCUT2D eigenvalue weighted by molar-refractivity contribution is 9.10. The van der Waals surface area contributed by atoms with Crippen molar-refractivity contribution in [1.82, 2.24) is 5.43 Å². The number of hydrogen-bond donors (Lipinski definition) is 2. The molecule has 1 atom stereocenters. The van der Waals surface area contributed by atoms with Gasteiger partial charge in [-0.05, 0) is 34.7 Å². The number of nitrogens with two attached hydrogens (primary N) is 1. The van der Waals surface area contributed by atoms with Crippen LogP contribution in [0.5, 0.6) is 0 Å². The molecule has 0 aliphatic heterocycles. The molecule has 1 aromatic rings. The minimum absolute atomic E-state index is 0.376. The molecule has 0 radical (unpaired) electrons. The molecule has 74 valence electrons. The Balaban J connectivity index is 2.46. The van der Waals surface area contributed by atoms with Crippen molar-refractivity contribution < 1.29 is 0 Å². The molecular weight excluding hydrogens is 268 g/mol. The fourth-order valence-corrected chi connectivity index (χ4v) is 3.22. The van der Waals surface area contributed by atoms with Crippen molar-refractivity contribution in [3.63, 3.8) is 0 Å². The van der Waals surface area contributed by atoms with Gasteiger partial charge in [0.2, 0.25) is 0 Å².